The largest absolute Gasteiger partial charge is 0.445 e. The van der Waals surface area contributed by atoms with Gasteiger partial charge in [0.15, 0.2) is 6.29 Å². The van der Waals surface area contributed by atoms with Gasteiger partial charge in [0, 0.05) is 19.7 Å². The third-order valence-electron chi connectivity index (χ3n) is 11.6. The van der Waals surface area contributed by atoms with Crippen molar-refractivity contribution < 1.29 is 38.3 Å². The first kappa shape index (κ1) is 44.7. The van der Waals surface area contributed by atoms with E-state index in [2.05, 4.69) is 60.7 Å². The van der Waals surface area contributed by atoms with E-state index in [1.807, 2.05) is 115 Å². The zero-order valence-electron chi connectivity index (χ0n) is 36.2. The molecular formula is C55H57NO8. The number of fused-ring (bicyclic) bond motifs is 2. The van der Waals surface area contributed by atoms with Gasteiger partial charge in [-0.15, -0.1) is 0 Å². The molecule has 0 spiro atoms. The maximum Gasteiger partial charge on any atom is 0.410 e. The van der Waals surface area contributed by atoms with Crippen molar-refractivity contribution in [2.75, 3.05) is 19.8 Å². The van der Waals surface area contributed by atoms with Crippen LogP contribution < -0.4 is 0 Å². The van der Waals surface area contributed by atoms with Crippen LogP contribution in [0.3, 0.4) is 0 Å². The van der Waals surface area contributed by atoms with E-state index >= 15 is 0 Å². The van der Waals surface area contributed by atoms with Crippen molar-refractivity contribution in [2.45, 2.75) is 82.9 Å². The van der Waals surface area contributed by atoms with Crippen molar-refractivity contribution in [2.24, 2.45) is 0 Å². The summed E-state index contributed by atoms with van der Waals surface area (Å²) in [4.78, 5) is 15.1. The van der Waals surface area contributed by atoms with Gasteiger partial charge in [-0.3, -0.25) is 0 Å². The van der Waals surface area contributed by atoms with Crippen molar-refractivity contribution in [3.8, 4) is 0 Å². The Labute approximate surface area is 376 Å². The number of aliphatic hydroxyl groups excluding tert-OH is 1. The van der Waals surface area contributed by atoms with Gasteiger partial charge in [0.25, 0.3) is 0 Å². The van der Waals surface area contributed by atoms with Crippen LogP contribution in [0.25, 0.3) is 21.5 Å². The lowest BCUT2D eigenvalue weighted by Gasteiger charge is -2.44. The lowest BCUT2D eigenvalue weighted by Crippen LogP contribution is -2.61. The Balaban J connectivity index is 0.952. The molecular weight excluding hydrogens is 803 g/mol. The number of unbranched alkanes of at least 4 members (excludes halogenated alkanes) is 2. The topological polar surface area (TPSA) is 95.9 Å². The SMILES string of the molecule is O=C(OCc1ccccc1)N(CCCCCO[C@H]1O[C@H](COCc2ccccc2)[C@H](O)[C@H](OCc2ccc3ccccc3c2)[C@H]1OCc1ccc2ccccc2c1)Cc1ccccc1. The summed E-state index contributed by atoms with van der Waals surface area (Å²) in [6.07, 6.45) is -2.36. The molecule has 1 aliphatic rings. The summed E-state index contributed by atoms with van der Waals surface area (Å²) < 4.78 is 38.4. The second-order valence-electron chi connectivity index (χ2n) is 16.3. The van der Waals surface area contributed by atoms with E-state index in [0.29, 0.717) is 32.7 Å². The Morgan fingerprint density at radius 3 is 1.66 bits per heavy atom. The molecule has 1 N–H and O–H groups in total. The molecule has 1 fully saturated rings. The molecule has 0 saturated carbocycles. The lowest BCUT2D eigenvalue weighted by atomic mass is 9.98. The molecule has 1 aliphatic heterocycles. The molecule has 9 nitrogen and oxygen atoms in total. The number of hydrogen-bond donors (Lipinski definition) is 1. The highest BCUT2D eigenvalue weighted by Crippen LogP contribution is 2.30. The summed E-state index contributed by atoms with van der Waals surface area (Å²) in [5.41, 5.74) is 4.96. The number of ether oxygens (including phenoxy) is 6. The third kappa shape index (κ3) is 12.6. The van der Waals surface area contributed by atoms with Crippen LogP contribution in [-0.4, -0.2) is 66.6 Å². The Morgan fingerprint density at radius 1 is 0.516 bits per heavy atom. The van der Waals surface area contributed by atoms with Gasteiger partial charge in [0.1, 0.15) is 31.0 Å². The zero-order chi connectivity index (χ0) is 43.8. The van der Waals surface area contributed by atoms with Gasteiger partial charge < -0.3 is 38.4 Å². The molecule has 1 amide bonds. The fourth-order valence-electron chi connectivity index (χ4n) is 8.07. The monoisotopic (exact) mass is 859 g/mol. The van der Waals surface area contributed by atoms with E-state index in [4.69, 9.17) is 28.4 Å². The summed E-state index contributed by atoms with van der Waals surface area (Å²) >= 11 is 0. The predicted octanol–water partition coefficient (Wildman–Crippen LogP) is 10.8. The van der Waals surface area contributed by atoms with Crippen molar-refractivity contribution in [3.63, 3.8) is 0 Å². The van der Waals surface area contributed by atoms with Crippen LogP contribution >= 0.6 is 0 Å². The maximum absolute atomic E-state index is 13.4. The van der Waals surface area contributed by atoms with Crippen LogP contribution in [0, 0.1) is 0 Å². The molecule has 64 heavy (non-hydrogen) atoms. The highest BCUT2D eigenvalue weighted by atomic mass is 16.7. The fourth-order valence-corrected chi connectivity index (χ4v) is 8.07. The number of carbonyl (C=O) groups is 1. The zero-order valence-corrected chi connectivity index (χ0v) is 36.2. The van der Waals surface area contributed by atoms with Gasteiger partial charge in [0.05, 0.1) is 26.4 Å². The minimum absolute atomic E-state index is 0.126. The molecule has 8 rings (SSSR count). The lowest BCUT2D eigenvalue weighted by molar-refractivity contribution is -0.321. The second kappa shape index (κ2) is 23.1. The highest BCUT2D eigenvalue weighted by molar-refractivity contribution is 5.83. The summed E-state index contributed by atoms with van der Waals surface area (Å²) in [5.74, 6) is 0. The molecule has 1 heterocycles. The molecule has 0 aromatic heterocycles. The number of aliphatic hydroxyl groups is 1. The summed E-state index contributed by atoms with van der Waals surface area (Å²) in [7, 11) is 0. The number of rotatable bonds is 21. The molecule has 0 aliphatic carbocycles. The highest BCUT2D eigenvalue weighted by Gasteiger charge is 2.47. The smallest absolute Gasteiger partial charge is 0.410 e. The first-order valence-corrected chi connectivity index (χ1v) is 22.3. The first-order chi connectivity index (χ1) is 31.6. The van der Waals surface area contributed by atoms with Gasteiger partial charge in [0.2, 0.25) is 0 Å². The molecule has 330 valence electrons. The molecule has 7 aromatic carbocycles. The summed E-state index contributed by atoms with van der Waals surface area (Å²) in [6.45, 7) is 2.55. The van der Waals surface area contributed by atoms with Crippen LogP contribution in [0.2, 0.25) is 0 Å². The molecule has 7 aromatic rings. The second-order valence-corrected chi connectivity index (χ2v) is 16.3. The van der Waals surface area contributed by atoms with Gasteiger partial charge >= 0.3 is 6.09 Å². The average molecular weight is 860 g/mol. The van der Waals surface area contributed by atoms with E-state index in [1.165, 1.54) is 0 Å². The number of nitrogens with zero attached hydrogens (tertiary/aromatic N) is 1. The quantitative estimate of drug-likeness (QED) is 0.0714. The van der Waals surface area contributed by atoms with Crippen molar-refractivity contribution in [3.05, 3.63) is 204 Å². The number of carbonyl (C=O) groups excluding carboxylic acids is 1. The van der Waals surface area contributed by atoms with Crippen molar-refractivity contribution >= 4 is 27.6 Å². The Morgan fingerprint density at radius 2 is 1.05 bits per heavy atom. The van der Waals surface area contributed by atoms with Crippen LogP contribution in [0.1, 0.15) is 47.1 Å². The van der Waals surface area contributed by atoms with E-state index in [-0.39, 0.29) is 32.5 Å². The maximum atomic E-state index is 13.4. The predicted molar refractivity (Wildman–Crippen MR) is 249 cm³/mol. The molecule has 5 atom stereocenters. The molecule has 0 bridgehead atoms. The van der Waals surface area contributed by atoms with E-state index in [0.717, 1.165) is 62.2 Å². The van der Waals surface area contributed by atoms with Crippen LogP contribution in [0.5, 0.6) is 0 Å². The van der Waals surface area contributed by atoms with Crippen molar-refractivity contribution in [1.82, 2.24) is 4.90 Å². The molecule has 9 heteroatoms. The van der Waals surface area contributed by atoms with Crippen molar-refractivity contribution in [1.29, 1.82) is 0 Å². The van der Waals surface area contributed by atoms with E-state index in [9.17, 15) is 9.90 Å². The molecule has 0 radical (unpaired) electrons. The fraction of sp³-hybridized carbons (Fsp3) is 0.291. The standard InChI is InChI=1S/C55H57NO8/c57-51-50(40-59-36-42-19-7-2-8-20-42)64-54(60-32-16-4-15-31-56(35-41-17-5-1-6-18-41)55(58)63-37-43-21-9-3-10-22-43)53(62-39-45-28-30-47-24-12-14-26-49(47)34-45)52(51)61-38-44-27-29-46-23-11-13-25-48(46)33-44/h1-3,5-14,17-30,33-34,50-54,57H,4,15-16,31-32,35-40H2/t50-,51+,52+,53-,54+/m1/s1. The molecule has 0 unspecified atom stereocenters. The van der Waals surface area contributed by atoms with E-state index in [1.54, 1.807) is 4.90 Å². The normalized spacial score (nSPS) is 18.5. The minimum Gasteiger partial charge on any atom is -0.445 e. The van der Waals surface area contributed by atoms with Crippen LogP contribution in [-0.2, 0) is 61.4 Å². The third-order valence-corrected chi connectivity index (χ3v) is 11.6. The van der Waals surface area contributed by atoms with Gasteiger partial charge in [-0.05, 0) is 80.8 Å². The Hall–Kier alpha value is -5.91. The number of amides is 1. The minimum atomic E-state index is -1.07. The summed E-state index contributed by atoms with van der Waals surface area (Å²) in [5, 5.41) is 16.6. The van der Waals surface area contributed by atoms with Gasteiger partial charge in [-0.1, -0.05) is 164 Å². The molecule has 1 saturated heterocycles. The van der Waals surface area contributed by atoms with E-state index < -0.39 is 30.7 Å². The van der Waals surface area contributed by atoms with Gasteiger partial charge in [-0.2, -0.15) is 0 Å². The first-order valence-electron chi connectivity index (χ1n) is 22.3. The number of hydrogen-bond acceptors (Lipinski definition) is 8. The Kier molecular flexibility index (Phi) is 16.2. The summed E-state index contributed by atoms with van der Waals surface area (Å²) in [6, 6.07) is 58.6. The van der Waals surface area contributed by atoms with Crippen LogP contribution in [0.4, 0.5) is 4.79 Å². The Bertz CT molecular complexity index is 2490. The average Bonchev–Trinajstić information content (AvgIpc) is 3.34. The van der Waals surface area contributed by atoms with Crippen LogP contribution in [0.15, 0.2) is 176 Å². The van der Waals surface area contributed by atoms with Gasteiger partial charge in [-0.25, -0.2) is 4.79 Å². The number of benzene rings is 7.